The first kappa shape index (κ1) is 13.8. The van der Waals surface area contributed by atoms with Gasteiger partial charge in [0, 0.05) is 24.1 Å². The van der Waals surface area contributed by atoms with Crippen LogP contribution in [0.1, 0.15) is 31.6 Å². The molecule has 2 saturated heterocycles. The topological polar surface area (TPSA) is 51.0 Å². The molecule has 2 aromatic rings. The Bertz CT molecular complexity index is 676. The van der Waals surface area contributed by atoms with Gasteiger partial charge in [0.2, 0.25) is 11.7 Å². The van der Waals surface area contributed by atoms with Gasteiger partial charge >= 0.3 is 0 Å². The average molecular weight is 305 g/mol. The molecule has 1 N–H and O–H groups in total. The van der Waals surface area contributed by atoms with Crippen LogP contribution in [0.2, 0.25) is 0 Å². The van der Waals surface area contributed by atoms with E-state index < -0.39 is 11.6 Å². The van der Waals surface area contributed by atoms with E-state index in [1.165, 1.54) is 18.9 Å². The Morgan fingerprint density at radius 3 is 2.64 bits per heavy atom. The van der Waals surface area contributed by atoms with E-state index in [1.807, 2.05) is 0 Å². The monoisotopic (exact) mass is 305 g/mol. The highest BCUT2D eigenvalue weighted by molar-refractivity contribution is 5.54. The molecule has 0 spiro atoms. The number of fused-ring (bicyclic) bond motifs is 2. The van der Waals surface area contributed by atoms with Crippen LogP contribution in [0, 0.1) is 17.6 Å². The van der Waals surface area contributed by atoms with E-state index in [1.54, 1.807) is 0 Å². The Morgan fingerprint density at radius 1 is 1.14 bits per heavy atom. The highest BCUT2D eigenvalue weighted by Gasteiger charge is 2.34. The third-order valence-electron chi connectivity index (χ3n) is 4.68. The van der Waals surface area contributed by atoms with Crippen molar-refractivity contribution in [2.24, 2.45) is 5.92 Å². The summed E-state index contributed by atoms with van der Waals surface area (Å²) in [7, 11) is 0. The molecule has 0 saturated carbocycles. The summed E-state index contributed by atoms with van der Waals surface area (Å²) in [5.41, 5.74) is 0.430. The van der Waals surface area contributed by atoms with Crippen molar-refractivity contribution in [3.05, 3.63) is 35.7 Å². The van der Waals surface area contributed by atoms with Crippen molar-refractivity contribution in [1.29, 1.82) is 0 Å². The molecule has 6 heteroatoms. The number of benzene rings is 1. The minimum atomic E-state index is -0.904. The number of nitrogens with one attached hydrogen (secondary N) is 1. The van der Waals surface area contributed by atoms with Crippen LogP contribution >= 0.6 is 0 Å². The molecule has 1 aromatic heterocycles. The fourth-order valence-electron chi connectivity index (χ4n) is 3.68. The molecule has 22 heavy (non-hydrogen) atoms. The molecule has 0 radical (unpaired) electrons. The Balaban J connectivity index is 1.48. The van der Waals surface area contributed by atoms with Crippen molar-refractivity contribution >= 4 is 0 Å². The molecule has 2 unspecified atom stereocenters. The molecule has 116 valence electrons. The van der Waals surface area contributed by atoms with Gasteiger partial charge in [0.25, 0.3) is 0 Å². The van der Waals surface area contributed by atoms with Crippen LogP contribution in [0.4, 0.5) is 8.78 Å². The Labute approximate surface area is 126 Å². The van der Waals surface area contributed by atoms with Gasteiger partial charge in [-0.25, -0.2) is 8.78 Å². The van der Waals surface area contributed by atoms with Gasteiger partial charge < -0.3 is 9.84 Å². The largest absolute Gasteiger partial charge is 0.339 e. The molecular weight excluding hydrogens is 288 g/mol. The zero-order chi connectivity index (χ0) is 15.1. The van der Waals surface area contributed by atoms with E-state index in [0.717, 1.165) is 31.4 Å². The second kappa shape index (κ2) is 5.43. The molecule has 2 aliphatic heterocycles. The maximum atomic E-state index is 13.3. The number of rotatable bonds is 3. The van der Waals surface area contributed by atoms with Gasteiger partial charge in [-0.3, -0.25) is 0 Å². The molecule has 2 atom stereocenters. The molecule has 2 bridgehead atoms. The lowest BCUT2D eigenvalue weighted by Gasteiger charge is -2.27. The van der Waals surface area contributed by atoms with Crippen LogP contribution in [0.15, 0.2) is 22.7 Å². The predicted molar refractivity (Wildman–Crippen MR) is 76.0 cm³/mol. The standard InChI is InChI=1S/C16H17F2N3O/c17-13-4-1-10(8-14(13)18)16-20-15(22-21-16)7-9-5-11-2-3-12(6-9)19-11/h1,4,8-9,11-12,19H,2-3,5-7H2. The fourth-order valence-corrected chi connectivity index (χ4v) is 3.68. The molecule has 1 aromatic carbocycles. The molecule has 0 amide bonds. The molecule has 4 nitrogen and oxygen atoms in total. The van der Waals surface area contributed by atoms with Gasteiger partial charge in [-0.15, -0.1) is 0 Å². The summed E-state index contributed by atoms with van der Waals surface area (Å²) in [5, 5.41) is 7.49. The van der Waals surface area contributed by atoms with E-state index in [0.29, 0.717) is 35.3 Å². The quantitative estimate of drug-likeness (QED) is 0.947. The predicted octanol–water partition coefficient (Wildman–Crippen LogP) is 3.09. The highest BCUT2D eigenvalue weighted by atomic mass is 19.2. The Morgan fingerprint density at radius 2 is 1.91 bits per heavy atom. The van der Waals surface area contributed by atoms with Gasteiger partial charge in [0.05, 0.1) is 0 Å². The number of piperidine rings is 1. The van der Waals surface area contributed by atoms with Crippen LogP contribution in [-0.2, 0) is 6.42 Å². The van der Waals surface area contributed by atoms with Gasteiger partial charge in [-0.05, 0) is 49.8 Å². The summed E-state index contributed by atoms with van der Waals surface area (Å²) in [6.45, 7) is 0. The SMILES string of the molecule is Fc1ccc(-c2noc(CC3CC4CCC(C3)N4)n2)cc1F. The van der Waals surface area contributed by atoms with Crippen molar-refractivity contribution in [3.8, 4) is 11.4 Å². The van der Waals surface area contributed by atoms with Crippen LogP contribution < -0.4 is 5.32 Å². The van der Waals surface area contributed by atoms with E-state index >= 15 is 0 Å². The van der Waals surface area contributed by atoms with Crippen molar-refractivity contribution in [1.82, 2.24) is 15.5 Å². The molecule has 4 rings (SSSR count). The van der Waals surface area contributed by atoms with E-state index in [-0.39, 0.29) is 0 Å². The summed E-state index contributed by atoms with van der Waals surface area (Å²) >= 11 is 0. The molecular formula is C16H17F2N3O. The lowest BCUT2D eigenvalue weighted by atomic mass is 9.90. The maximum absolute atomic E-state index is 13.3. The Kier molecular flexibility index (Phi) is 3.41. The number of halogens is 2. The summed E-state index contributed by atoms with van der Waals surface area (Å²) in [6, 6.07) is 4.87. The summed E-state index contributed by atoms with van der Waals surface area (Å²) in [6.07, 6.45) is 5.54. The molecule has 0 aliphatic carbocycles. The summed E-state index contributed by atoms with van der Waals surface area (Å²) in [4.78, 5) is 4.33. The number of nitrogens with zero attached hydrogens (tertiary/aromatic N) is 2. The van der Waals surface area contributed by atoms with E-state index in [4.69, 9.17) is 4.52 Å². The third-order valence-corrected chi connectivity index (χ3v) is 4.68. The molecule has 2 fully saturated rings. The zero-order valence-corrected chi connectivity index (χ0v) is 12.1. The summed E-state index contributed by atoms with van der Waals surface area (Å²) < 4.78 is 31.5. The first-order valence-corrected chi connectivity index (χ1v) is 7.71. The Hall–Kier alpha value is -1.82. The minimum Gasteiger partial charge on any atom is -0.339 e. The van der Waals surface area contributed by atoms with E-state index in [9.17, 15) is 8.78 Å². The van der Waals surface area contributed by atoms with E-state index in [2.05, 4.69) is 15.5 Å². The number of hydrogen-bond acceptors (Lipinski definition) is 4. The second-order valence-corrected chi connectivity index (χ2v) is 6.32. The van der Waals surface area contributed by atoms with Crippen molar-refractivity contribution in [2.45, 2.75) is 44.2 Å². The summed E-state index contributed by atoms with van der Waals surface area (Å²) in [5.74, 6) is -0.342. The normalized spacial score (nSPS) is 27.3. The molecule has 2 aliphatic rings. The van der Waals surface area contributed by atoms with Crippen molar-refractivity contribution in [3.63, 3.8) is 0 Å². The average Bonchev–Trinajstić information content (AvgIpc) is 3.09. The van der Waals surface area contributed by atoms with Gasteiger partial charge in [-0.2, -0.15) is 4.98 Å². The minimum absolute atomic E-state index is 0.311. The lowest BCUT2D eigenvalue weighted by Crippen LogP contribution is -2.38. The smallest absolute Gasteiger partial charge is 0.227 e. The van der Waals surface area contributed by atoms with Crippen molar-refractivity contribution in [2.75, 3.05) is 0 Å². The van der Waals surface area contributed by atoms with Crippen molar-refractivity contribution < 1.29 is 13.3 Å². The van der Waals surface area contributed by atoms with Gasteiger partial charge in [0.1, 0.15) is 0 Å². The first-order valence-electron chi connectivity index (χ1n) is 7.71. The van der Waals surface area contributed by atoms with Crippen LogP contribution in [0.3, 0.4) is 0 Å². The van der Waals surface area contributed by atoms with Crippen LogP contribution in [0.5, 0.6) is 0 Å². The lowest BCUT2D eigenvalue weighted by molar-refractivity contribution is 0.270. The van der Waals surface area contributed by atoms with Crippen LogP contribution in [-0.4, -0.2) is 22.2 Å². The van der Waals surface area contributed by atoms with Gasteiger partial charge in [0.15, 0.2) is 11.6 Å². The second-order valence-electron chi connectivity index (χ2n) is 6.32. The van der Waals surface area contributed by atoms with Crippen LogP contribution in [0.25, 0.3) is 11.4 Å². The van der Waals surface area contributed by atoms with Gasteiger partial charge in [-0.1, -0.05) is 5.16 Å². The number of aromatic nitrogens is 2. The zero-order valence-electron chi connectivity index (χ0n) is 12.1. The molecule has 3 heterocycles. The maximum Gasteiger partial charge on any atom is 0.227 e. The number of hydrogen-bond donors (Lipinski definition) is 1. The highest BCUT2D eigenvalue weighted by Crippen LogP contribution is 2.32. The third kappa shape index (κ3) is 2.63. The fraction of sp³-hybridized carbons (Fsp3) is 0.500. The first-order chi connectivity index (χ1) is 10.7.